The van der Waals surface area contributed by atoms with Crippen LogP contribution in [-0.2, 0) is 14.3 Å². The van der Waals surface area contributed by atoms with Crippen molar-refractivity contribution < 1.29 is 19.1 Å². The molecule has 2 N–H and O–H groups in total. The maximum atomic E-state index is 11.8. The van der Waals surface area contributed by atoms with E-state index in [1.807, 2.05) is 0 Å². The van der Waals surface area contributed by atoms with E-state index in [-0.39, 0.29) is 37.5 Å². The zero-order valence-electron chi connectivity index (χ0n) is 12.6. The number of benzene rings is 1. The highest BCUT2D eigenvalue weighted by Crippen LogP contribution is 2.32. The number of nitrogens with zero attached hydrogens (tertiary/aromatic N) is 1. The molecule has 0 aliphatic carbocycles. The molecule has 0 spiro atoms. The van der Waals surface area contributed by atoms with Crippen molar-refractivity contribution in [3.8, 4) is 0 Å². The summed E-state index contributed by atoms with van der Waals surface area (Å²) in [5, 5.41) is 7.20. The highest BCUT2D eigenvalue weighted by atomic mass is 35.5. The van der Waals surface area contributed by atoms with E-state index in [2.05, 4.69) is 15.6 Å². The summed E-state index contributed by atoms with van der Waals surface area (Å²) in [6, 6.07) is 2.76. The number of rotatable bonds is 5. The molecule has 7 nitrogen and oxygen atoms in total. The third kappa shape index (κ3) is 5.57. The van der Waals surface area contributed by atoms with Crippen LogP contribution in [0.5, 0.6) is 0 Å². The van der Waals surface area contributed by atoms with Crippen molar-refractivity contribution in [1.29, 1.82) is 0 Å². The van der Waals surface area contributed by atoms with Gasteiger partial charge in [0.1, 0.15) is 0 Å². The number of anilines is 2. The van der Waals surface area contributed by atoms with Gasteiger partial charge in [-0.3, -0.25) is 9.59 Å². The van der Waals surface area contributed by atoms with Gasteiger partial charge in [-0.1, -0.05) is 34.8 Å². The summed E-state index contributed by atoms with van der Waals surface area (Å²) in [7, 11) is 0. The van der Waals surface area contributed by atoms with Gasteiger partial charge in [-0.25, -0.2) is 9.78 Å². The fourth-order valence-electron chi connectivity index (χ4n) is 1.59. The molecule has 25 heavy (non-hydrogen) atoms. The Labute approximate surface area is 161 Å². The fourth-order valence-corrected chi connectivity index (χ4v) is 2.91. The van der Waals surface area contributed by atoms with Crippen molar-refractivity contribution in [2.45, 2.75) is 6.92 Å². The Morgan fingerprint density at radius 1 is 1.12 bits per heavy atom. The smallest absolute Gasteiger partial charge is 0.358 e. The molecule has 0 unspecified atom stereocenters. The summed E-state index contributed by atoms with van der Waals surface area (Å²) in [4.78, 5) is 38.5. The first-order valence-electron chi connectivity index (χ1n) is 6.61. The molecule has 0 aliphatic heterocycles. The zero-order chi connectivity index (χ0) is 18.6. The minimum atomic E-state index is -0.803. The quantitative estimate of drug-likeness (QED) is 0.563. The third-order valence-electron chi connectivity index (χ3n) is 2.61. The number of halogens is 3. The first kappa shape index (κ1) is 19.5. The van der Waals surface area contributed by atoms with Crippen LogP contribution in [0.1, 0.15) is 17.4 Å². The number of carbonyl (C=O) groups excluding carboxylic acids is 3. The zero-order valence-corrected chi connectivity index (χ0v) is 15.6. The van der Waals surface area contributed by atoms with Gasteiger partial charge in [0, 0.05) is 12.3 Å². The number of thiazole rings is 1. The number of hydrogen-bond acceptors (Lipinski definition) is 6. The molecule has 0 aliphatic rings. The Balaban J connectivity index is 1.91. The van der Waals surface area contributed by atoms with Crippen LogP contribution in [0.15, 0.2) is 17.5 Å². The fraction of sp³-hybridized carbons (Fsp3) is 0.143. The second-order valence-electron chi connectivity index (χ2n) is 4.59. The van der Waals surface area contributed by atoms with Gasteiger partial charge in [0.2, 0.25) is 5.91 Å². The SMILES string of the molecule is CC(=O)Nc1nc(C(=O)OCC(=O)Nc2cc(Cl)c(Cl)cc2Cl)cs1. The lowest BCUT2D eigenvalue weighted by Crippen LogP contribution is -2.21. The molecule has 132 valence electrons. The lowest BCUT2D eigenvalue weighted by atomic mass is 10.3. The summed E-state index contributed by atoms with van der Waals surface area (Å²) < 4.78 is 4.85. The van der Waals surface area contributed by atoms with Crippen molar-refractivity contribution in [3.05, 3.63) is 38.3 Å². The Morgan fingerprint density at radius 3 is 2.48 bits per heavy atom. The van der Waals surface area contributed by atoms with Gasteiger partial charge in [-0.2, -0.15) is 0 Å². The number of nitrogens with one attached hydrogen (secondary N) is 2. The van der Waals surface area contributed by atoms with Gasteiger partial charge < -0.3 is 15.4 Å². The molecule has 0 bridgehead atoms. The second kappa shape index (κ2) is 8.48. The molecule has 11 heteroatoms. The van der Waals surface area contributed by atoms with Crippen LogP contribution in [0.25, 0.3) is 0 Å². The number of esters is 1. The molecule has 0 radical (unpaired) electrons. The van der Waals surface area contributed by atoms with Gasteiger partial charge in [0.15, 0.2) is 17.4 Å². The maximum absolute atomic E-state index is 11.8. The number of aromatic nitrogens is 1. The monoisotopic (exact) mass is 421 g/mol. The van der Waals surface area contributed by atoms with E-state index in [9.17, 15) is 14.4 Å². The maximum Gasteiger partial charge on any atom is 0.358 e. The number of amides is 2. The molecule has 1 aromatic heterocycles. The van der Waals surface area contributed by atoms with Crippen molar-refractivity contribution in [2.24, 2.45) is 0 Å². The molecule has 0 atom stereocenters. The number of ether oxygens (including phenoxy) is 1. The molecule has 1 aromatic carbocycles. The van der Waals surface area contributed by atoms with Crippen molar-refractivity contribution in [3.63, 3.8) is 0 Å². The first-order chi connectivity index (χ1) is 11.8. The summed E-state index contributed by atoms with van der Waals surface area (Å²) in [6.07, 6.45) is 0. The van der Waals surface area contributed by atoms with E-state index in [0.717, 1.165) is 11.3 Å². The molecule has 0 fully saturated rings. The molecular formula is C14H10Cl3N3O4S. The largest absolute Gasteiger partial charge is 0.451 e. The average molecular weight is 423 g/mol. The van der Waals surface area contributed by atoms with Gasteiger partial charge in [0.25, 0.3) is 5.91 Å². The Bertz CT molecular complexity index is 841. The standard InChI is InChI=1S/C14H10Cl3N3O4S/c1-6(21)18-14-20-11(5-25-14)13(23)24-4-12(22)19-10-3-8(16)7(15)2-9(10)17/h2-3,5H,4H2,1H3,(H,19,22)(H,18,20,21). The van der Waals surface area contributed by atoms with E-state index < -0.39 is 18.5 Å². The predicted molar refractivity (Wildman–Crippen MR) is 96.8 cm³/mol. The van der Waals surface area contributed by atoms with Crippen LogP contribution in [0, 0.1) is 0 Å². The summed E-state index contributed by atoms with van der Waals surface area (Å²) in [6.45, 7) is 0.764. The van der Waals surface area contributed by atoms with E-state index in [0.29, 0.717) is 0 Å². The second-order valence-corrected chi connectivity index (χ2v) is 6.67. The van der Waals surface area contributed by atoms with E-state index in [4.69, 9.17) is 39.5 Å². The lowest BCUT2D eigenvalue weighted by molar-refractivity contribution is -0.119. The average Bonchev–Trinajstić information content (AvgIpc) is 2.98. The molecule has 1 heterocycles. The predicted octanol–water partition coefficient (Wildman–Crippen LogP) is 3.86. The summed E-state index contributed by atoms with van der Waals surface area (Å²) in [5.74, 6) is -1.73. The third-order valence-corrected chi connectivity index (χ3v) is 4.41. The topological polar surface area (TPSA) is 97.4 Å². The van der Waals surface area contributed by atoms with E-state index >= 15 is 0 Å². The molecule has 0 saturated carbocycles. The Morgan fingerprint density at radius 2 is 1.80 bits per heavy atom. The number of hydrogen-bond donors (Lipinski definition) is 2. The van der Waals surface area contributed by atoms with E-state index in [1.165, 1.54) is 24.4 Å². The van der Waals surface area contributed by atoms with Gasteiger partial charge in [-0.15, -0.1) is 11.3 Å². The highest BCUT2D eigenvalue weighted by Gasteiger charge is 2.16. The van der Waals surface area contributed by atoms with E-state index in [1.54, 1.807) is 0 Å². The molecule has 2 rings (SSSR count). The minimum Gasteiger partial charge on any atom is -0.451 e. The molecule has 2 amide bonds. The van der Waals surface area contributed by atoms with Crippen molar-refractivity contribution in [1.82, 2.24) is 4.98 Å². The van der Waals surface area contributed by atoms with Gasteiger partial charge >= 0.3 is 5.97 Å². The van der Waals surface area contributed by atoms with Gasteiger partial charge in [-0.05, 0) is 12.1 Å². The molecular weight excluding hydrogens is 413 g/mol. The summed E-state index contributed by atoms with van der Waals surface area (Å²) in [5.41, 5.74) is 0.216. The van der Waals surface area contributed by atoms with Crippen LogP contribution in [0.2, 0.25) is 15.1 Å². The van der Waals surface area contributed by atoms with Crippen LogP contribution < -0.4 is 10.6 Å². The van der Waals surface area contributed by atoms with Crippen molar-refractivity contribution in [2.75, 3.05) is 17.2 Å². The van der Waals surface area contributed by atoms with Crippen molar-refractivity contribution >= 4 is 74.7 Å². The molecule has 0 saturated heterocycles. The number of carbonyl (C=O) groups is 3. The Kier molecular flexibility index (Phi) is 6.60. The van der Waals surface area contributed by atoms with Crippen LogP contribution >= 0.6 is 46.1 Å². The first-order valence-corrected chi connectivity index (χ1v) is 8.62. The van der Waals surface area contributed by atoms with Gasteiger partial charge in [0.05, 0.1) is 20.8 Å². The normalized spacial score (nSPS) is 10.2. The Hall–Kier alpha value is -1.87. The minimum absolute atomic E-state index is 0.0193. The lowest BCUT2D eigenvalue weighted by Gasteiger charge is -2.09. The van der Waals surface area contributed by atoms with Crippen LogP contribution in [0.3, 0.4) is 0 Å². The molecule has 2 aromatic rings. The van der Waals surface area contributed by atoms with Crippen LogP contribution in [-0.4, -0.2) is 29.4 Å². The highest BCUT2D eigenvalue weighted by molar-refractivity contribution is 7.14. The summed E-state index contributed by atoms with van der Waals surface area (Å²) >= 11 is 18.6. The van der Waals surface area contributed by atoms with Crippen LogP contribution in [0.4, 0.5) is 10.8 Å².